The smallest absolute Gasteiger partial charge is 0.242 e. The first kappa shape index (κ1) is 26.5. The second-order valence-corrected chi connectivity index (χ2v) is 10.7. The highest BCUT2D eigenvalue weighted by Gasteiger charge is 2.22. The maximum Gasteiger partial charge on any atom is 0.242 e. The highest BCUT2D eigenvalue weighted by atomic mass is 32.2. The van der Waals surface area contributed by atoms with E-state index in [2.05, 4.69) is 48.9 Å². The van der Waals surface area contributed by atoms with Gasteiger partial charge in [-0.2, -0.15) is 0 Å². The fourth-order valence-corrected chi connectivity index (χ4v) is 5.09. The van der Waals surface area contributed by atoms with Crippen molar-refractivity contribution in [2.75, 3.05) is 16.0 Å². The van der Waals surface area contributed by atoms with Crippen molar-refractivity contribution in [3.63, 3.8) is 0 Å². The number of rotatable bonds is 8. The number of hydrogen-bond donors (Lipinski definition) is 3. The zero-order chi connectivity index (χ0) is 26.2. The summed E-state index contributed by atoms with van der Waals surface area (Å²) in [5.74, 6) is 0.377. The third-order valence-corrected chi connectivity index (χ3v) is 7.29. The number of amides is 1. The van der Waals surface area contributed by atoms with Crippen LogP contribution in [0, 0.1) is 6.92 Å². The van der Waals surface area contributed by atoms with Crippen molar-refractivity contribution in [1.82, 2.24) is 0 Å². The minimum atomic E-state index is -0.418. The summed E-state index contributed by atoms with van der Waals surface area (Å²) in [7, 11) is 0. The first-order chi connectivity index (χ1) is 17.9. The largest absolute Gasteiger partial charge is 0.332 e. The molecule has 4 rings (SSSR count). The van der Waals surface area contributed by atoms with Crippen LogP contribution in [0.4, 0.5) is 17.1 Å². The number of thioether (sulfide) groups is 1. The van der Waals surface area contributed by atoms with Crippen LogP contribution in [0.15, 0.2) is 108 Å². The molecule has 4 aromatic rings. The second kappa shape index (κ2) is 12.6. The van der Waals surface area contributed by atoms with Crippen molar-refractivity contribution in [2.24, 2.45) is 0 Å². The quantitative estimate of drug-likeness (QED) is 0.159. The van der Waals surface area contributed by atoms with Gasteiger partial charge in [-0.3, -0.25) is 4.79 Å². The molecule has 0 heterocycles. The normalized spacial score (nSPS) is 11.6. The van der Waals surface area contributed by atoms with Gasteiger partial charge in [-0.25, -0.2) is 0 Å². The summed E-state index contributed by atoms with van der Waals surface area (Å²) < 4.78 is 0. The second-order valence-electron chi connectivity index (χ2n) is 9.15. The maximum atomic E-state index is 13.4. The molecule has 0 spiro atoms. The Bertz CT molecular complexity index is 1340. The van der Waals surface area contributed by atoms with Crippen LogP contribution in [-0.4, -0.2) is 11.0 Å². The first-order valence-electron chi connectivity index (χ1n) is 12.2. The molecule has 0 saturated heterocycles. The lowest BCUT2D eigenvalue weighted by atomic mass is 10.0. The third kappa shape index (κ3) is 7.68. The standard InChI is InChI=1S/C31H31N3OS2/c1-21(2)23-14-18-25(19-15-23)32-30(35)29(24-8-5-4-6-9-24)37-28-11-7-10-27(20-28)34-31(36)33-26-16-12-22(3)13-17-26/h4-21,29H,1-3H3,(H,32,35)(H2,33,34,36). The lowest BCUT2D eigenvalue weighted by molar-refractivity contribution is -0.115. The summed E-state index contributed by atoms with van der Waals surface area (Å²) >= 11 is 7.01. The Morgan fingerprint density at radius 2 is 1.32 bits per heavy atom. The van der Waals surface area contributed by atoms with E-state index in [4.69, 9.17) is 12.2 Å². The molecule has 1 atom stereocenters. The molecular weight excluding hydrogens is 494 g/mol. The Labute approximate surface area is 228 Å². The Kier molecular flexibility index (Phi) is 8.99. The Morgan fingerprint density at radius 3 is 2.00 bits per heavy atom. The van der Waals surface area contributed by atoms with Crippen LogP contribution >= 0.6 is 24.0 Å². The van der Waals surface area contributed by atoms with Crippen molar-refractivity contribution in [3.05, 3.63) is 120 Å². The molecule has 0 radical (unpaired) electrons. The van der Waals surface area contributed by atoms with Gasteiger partial charge in [-0.05, 0) is 78.7 Å². The van der Waals surface area contributed by atoms with Gasteiger partial charge in [0.05, 0.1) is 0 Å². The molecule has 0 aliphatic rings. The van der Waals surface area contributed by atoms with Crippen LogP contribution < -0.4 is 16.0 Å². The molecule has 0 aliphatic heterocycles. The predicted molar refractivity (Wildman–Crippen MR) is 162 cm³/mol. The molecule has 0 fully saturated rings. The van der Waals surface area contributed by atoms with Gasteiger partial charge in [-0.15, -0.1) is 11.8 Å². The SMILES string of the molecule is Cc1ccc(NC(=S)Nc2cccc(SC(C(=O)Nc3ccc(C(C)C)cc3)c3ccccc3)c2)cc1. The number of carbonyl (C=O) groups is 1. The zero-order valence-electron chi connectivity index (χ0n) is 21.2. The van der Waals surface area contributed by atoms with Crippen LogP contribution in [-0.2, 0) is 4.79 Å². The first-order valence-corrected chi connectivity index (χ1v) is 13.5. The number of aryl methyl sites for hydroxylation is 1. The molecule has 1 amide bonds. The van der Waals surface area contributed by atoms with Crippen molar-refractivity contribution in [2.45, 2.75) is 36.8 Å². The molecule has 4 nitrogen and oxygen atoms in total. The van der Waals surface area contributed by atoms with E-state index in [0.29, 0.717) is 11.0 Å². The summed E-state index contributed by atoms with van der Waals surface area (Å²) in [6, 6.07) is 33.9. The maximum absolute atomic E-state index is 13.4. The van der Waals surface area contributed by atoms with Crippen molar-refractivity contribution in [3.8, 4) is 0 Å². The Balaban J connectivity index is 1.47. The molecule has 0 saturated carbocycles. The summed E-state index contributed by atoms with van der Waals surface area (Å²) in [5.41, 5.74) is 5.95. The minimum absolute atomic E-state index is 0.0663. The van der Waals surface area contributed by atoms with Crippen LogP contribution in [0.1, 0.15) is 41.7 Å². The average molecular weight is 526 g/mol. The lowest BCUT2D eigenvalue weighted by Crippen LogP contribution is -2.19. The molecule has 0 aromatic heterocycles. The van der Waals surface area contributed by atoms with E-state index < -0.39 is 5.25 Å². The van der Waals surface area contributed by atoms with Crippen molar-refractivity contribution in [1.29, 1.82) is 0 Å². The molecule has 0 bridgehead atoms. The molecule has 0 aliphatic carbocycles. The highest BCUT2D eigenvalue weighted by Crippen LogP contribution is 2.37. The van der Waals surface area contributed by atoms with Gasteiger partial charge in [0.25, 0.3) is 0 Å². The monoisotopic (exact) mass is 525 g/mol. The molecule has 6 heteroatoms. The third-order valence-electron chi connectivity index (χ3n) is 5.84. The van der Waals surface area contributed by atoms with Gasteiger partial charge < -0.3 is 16.0 Å². The van der Waals surface area contributed by atoms with Gasteiger partial charge in [-0.1, -0.05) is 80.1 Å². The topological polar surface area (TPSA) is 53.2 Å². The number of benzene rings is 4. The molecule has 188 valence electrons. The number of carbonyl (C=O) groups excluding carboxylic acids is 1. The fraction of sp³-hybridized carbons (Fsp3) is 0.161. The number of anilines is 3. The van der Waals surface area contributed by atoms with Gasteiger partial charge >= 0.3 is 0 Å². The number of thiocarbonyl (C=S) groups is 1. The van der Waals surface area contributed by atoms with E-state index in [1.807, 2.05) is 91.0 Å². The van der Waals surface area contributed by atoms with Gasteiger partial charge in [0.1, 0.15) is 5.25 Å². The van der Waals surface area contributed by atoms with E-state index in [-0.39, 0.29) is 5.91 Å². The Hall–Kier alpha value is -3.61. The fourth-order valence-electron chi connectivity index (χ4n) is 3.77. The molecule has 4 aromatic carbocycles. The molecule has 1 unspecified atom stereocenters. The van der Waals surface area contributed by atoms with E-state index in [9.17, 15) is 4.79 Å². The van der Waals surface area contributed by atoms with E-state index in [1.54, 1.807) is 0 Å². The number of nitrogens with one attached hydrogen (secondary N) is 3. The summed E-state index contributed by atoms with van der Waals surface area (Å²) in [4.78, 5) is 14.4. The molecular formula is C31H31N3OS2. The molecule has 3 N–H and O–H groups in total. The zero-order valence-corrected chi connectivity index (χ0v) is 22.8. The van der Waals surface area contributed by atoms with Crippen LogP contribution in [0.3, 0.4) is 0 Å². The average Bonchev–Trinajstić information content (AvgIpc) is 2.89. The van der Waals surface area contributed by atoms with Crippen molar-refractivity contribution >= 4 is 52.1 Å². The summed E-state index contributed by atoms with van der Waals surface area (Å²) in [6.45, 7) is 6.36. The number of hydrogen-bond acceptors (Lipinski definition) is 3. The molecule has 37 heavy (non-hydrogen) atoms. The van der Waals surface area contributed by atoms with Crippen molar-refractivity contribution < 1.29 is 4.79 Å². The van der Waals surface area contributed by atoms with Crippen LogP contribution in [0.25, 0.3) is 0 Å². The van der Waals surface area contributed by atoms with Crippen LogP contribution in [0.2, 0.25) is 0 Å². The highest BCUT2D eigenvalue weighted by molar-refractivity contribution is 8.00. The Morgan fingerprint density at radius 1 is 0.703 bits per heavy atom. The van der Waals surface area contributed by atoms with E-state index in [0.717, 1.165) is 27.5 Å². The summed E-state index contributed by atoms with van der Waals surface area (Å²) in [5, 5.41) is 9.65. The van der Waals surface area contributed by atoms with Gasteiger partial charge in [0.15, 0.2) is 5.11 Å². The lowest BCUT2D eigenvalue weighted by Gasteiger charge is -2.18. The minimum Gasteiger partial charge on any atom is -0.332 e. The van der Waals surface area contributed by atoms with Gasteiger partial charge in [0, 0.05) is 22.0 Å². The van der Waals surface area contributed by atoms with Crippen LogP contribution in [0.5, 0.6) is 0 Å². The summed E-state index contributed by atoms with van der Waals surface area (Å²) in [6.07, 6.45) is 0. The van der Waals surface area contributed by atoms with E-state index in [1.165, 1.54) is 22.9 Å². The van der Waals surface area contributed by atoms with E-state index >= 15 is 0 Å². The van der Waals surface area contributed by atoms with Gasteiger partial charge in [0.2, 0.25) is 5.91 Å². The predicted octanol–water partition coefficient (Wildman–Crippen LogP) is 8.40.